The molecule has 2 rings (SSSR count). The Morgan fingerprint density at radius 2 is 2.21 bits per heavy atom. The van der Waals surface area contributed by atoms with Crippen LogP contribution < -0.4 is 10.2 Å². The number of nitrogens with one attached hydrogen (secondary N) is 1. The van der Waals surface area contributed by atoms with Crippen molar-refractivity contribution in [2.75, 3.05) is 31.1 Å². The molecule has 0 amide bonds. The monoisotopic (exact) mass is 264 g/mol. The lowest BCUT2D eigenvalue weighted by atomic mass is 9.97. The Hall–Kier alpha value is -1.69. The zero-order chi connectivity index (χ0) is 13.7. The summed E-state index contributed by atoms with van der Waals surface area (Å²) in [6, 6.07) is 3.26. The van der Waals surface area contributed by atoms with Crippen LogP contribution in [-0.2, 0) is 0 Å². The Balaban J connectivity index is 2.01. The van der Waals surface area contributed by atoms with Crippen molar-refractivity contribution in [3.63, 3.8) is 0 Å². The first-order chi connectivity index (χ1) is 9.20. The molecule has 6 nitrogen and oxygen atoms in total. The topological polar surface area (TPSA) is 71.3 Å². The number of hydrogen-bond acceptors (Lipinski definition) is 5. The molecule has 1 aliphatic heterocycles. The lowest BCUT2D eigenvalue weighted by Gasteiger charge is -2.30. The molecule has 1 saturated heterocycles. The molecule has 1 aliphatic rings. The Morgan fingerprint density at radius 3 is 2.74 bits per heavy atom. The zero-order valence-corrected chi connectivity index (χ0v) is 11.2. The molecule has 0 aromatic carbocycles. The van der Waals surface area contributed by atoms with Gasteiger partial charge in [0.05, 0.1) is 5.69 Å². The summed E-state index contributed by atoms with van der Waals surface area (Å²) in [6.07, 6.45) is 3.98. The fraction of sp³-hybridized carbons (Fsp3) is 0.615. The summed E-state index contributed by atoms with van der Waals surface area (Å²) in [4.78, 5) is 16.3. The van der Waals surface area contributed by atoms with Crippen LogP contribution in [0, 0.1) is 16.0 Å². The van der Waals surface area contributed by atoms with Crippen LogP contribution >= 0.6 is 0 Å². The van der Waals surface area contributed by atoms with Crippen LogP contribution in [0.25, 0.3) is 0 Å². The molecule has 0 atom stereocenters. The van der Waals surface area contributed by atoms with E-state index in [0.717, 1.165) is 31.9 Å². The van der Waals surface area contributed by atoms with Gasteiger partial charge in [-0.05, 0) is 54.7 Å². The van der Waals surface area contributed by atoms with Crippen molar-refractivity contribution in [1.29, 1.82) is 0 Å². The highest BCUT2D eigenvalue weighted by Gasteiger charge is 2.18. The van der Waals surface area contributed by atoms with Gasteiger partial charge in [-0.25, -0.2) is 0 Å². The smallest absolute Gasteiger partial charge is 0.363 e. The summed E-state index contributed by atoms with van der Waals surface area (Å²) in [5.74, 6) is 0.595. The van der Waals surface area contributed by atoms with E-state index in [1.165, 1.54) is 18.9 Å². The molecule has 0 aliphatic carbocycles. The van der Waals surface area contributed by atoms with Gasteiger partial charge in [-0.3, -0.25) is 0 Å². The standard InChI is InChI=1S/C13H20N4O2/c1-2-16(10-11-5-7-14-8-6-11)12-3-4-13(15-9-12)17(18)19/h3-4,9,11,14H,2,5-8,10H2,1H3. The maximum atomic E-state index is 10.6. The van der Waals surface area contributed by atoms with Gasteiger partial charge in [-0.1, -0.05) is 0 Å². The number of piperidine rings is 1. The maximum Gasteiger partial charge on any atom is 0.363 e. The van der Waals surface area contributed by atoms with Gasteiger partial charge in [-0.15, -0.1) is 0 Å². The van der Waals surface area contributed by atoms with Gasteiger partial charge >= 0.3 is 5.82 Å². The first-order valence-corrected chi connectivity index (χ1v) is 6.76. The van der Waals surface area contributed by atoms with E-state index in [9.17, 15) is 10.1 Å². The molecule has 0 bridgehead atoms. The van der Waals surface area contributed by atoms with Gasteiger partial charge in [0.25, 0.3) is 0 Å². The summed E-state index contributed by atoms with van der Waals surface area (Å²) < 4.78 is 0. The number of rotatable bonds is 5. The number of hydrogen-bond donors (Lipinski definition) is 1. The lowest BCUT2D eigenvalue weighted by molar-refractivity contribution is -0.389. The Kier molecular flexibility index (Phi) is 4.68. The second kappa shape index (κ2) is 6.47. The van der Waals surface area contributed by atoms with Gasteiger partial charge < -0.3 is 20.3 Å². The molecule has 104 valence electrons. The Labute approximate surface area is 113 Å². The van der Waals surface area contributed by atoms with E-state index in [0.29, 0.717) is 5.92 Å². The molecule has 19 heavy (non-hydrogen) atoms. The number of nitrogens with zero attached hydrogens (tertiary/aromatic N) is 3. The highest BCUT2D eigenvalue weighted by Crippen LogP contribution is 2.20. The van der Waals surface area contributed by atoms with Crippen LogP contribution in [0.4, 0.5) is 11.5 Å². The van der Waals surface area contributed by atoms with Crippen molar-refractivity contribution >= 4 is 11.5 Å². The first-order valence-electron chi connectivity index (χ1n) is 6.76. The zero-order valence-electron chi connectivity index (χ0n) is 11.2. The third-order valence-electron chi connectivity index (χ3n) is 3.60. The normalized spacial score (nSPS) is 16.3. The Morgan fingerprint density at radius 1 is 1.47 bits per heavy atom. The summed E-state index contributed by atoms with van der Waals surface area (Å²) in [5, 5.41) is 14.0. The van der Waals surface area contributed by atoms with E-state index in [2.05, 4.69) is 22.1 Å². The minimum atomic E-state index is -0.465. The average Bonchev–Trinajstić information content (AvgIpc) is 2.46. The molecule has 0 spiro atoms. The molecule has 1 N–H and O–H groups in total. The van der Waals surface area contributed by atoms with Crippen LogP contribution in [0.3, 0.4) is 0 Å². The predicted octanol–water partition coefficient (Wildman–Crippen LogP) is 1.82. The largest absolute Gasteiger partial charge is 0.368 e. The summed E-state index contributed by atoms with van der Waals surface area (Å²) in [5.41, 5.74) is 0.964. The molecular weight excluding hydrogens is 244 g/mol. The number of pyridine rings is 1. The highest BCUT2D eigenvalue weighted by atomic mass is 16.6. The molecule has 1 aromatic rings. The number of anilines is 1. The van der Waals surface area contributed by atoms with Crippen LogP contribution in [0.1, 0.15) is 19.8 Å². The van der Waals surface area contributed by atoms with E-state index in [-0.39, 0.29) is 5.82 Å². The first kappa shape index (κ1) is 13.7. The van der Waals surface area contributed by atoms with Gasteiger partial charge in [0.1, 0.15) is 0 Å². The van der Waals surface area contributed by atoms with E-state index in [1.54, 1.807) is 12.3 Å². The van der Waals surface area contributed by atoms with Crippen molar-refractivity contribution in [3.8, 4) is 0 Å². The third kappa shape index (κ3) is 3.64. The van der Waals surface area contributed by atoms with Crippen LogP contribution in [-0.4, -0.2) is 36.1 Å². The SMILES string of the molecule is CCN(CC1CCNCC1)c1ccc([N+](=O)[O-])nc1. The molecule has 0 radical (unpaired) electrons. The molecular formula is C13H20N4O2. The number of nitro groups is 1. The average molecular weight is 264 g/mol. The molecule has 1 aromatic heterocycles. The fourth-order valence-electron chi connectivity index (χ4n) is 2.47. The highest BCUT2D eigenvalue weighted by molar-refractivity contribution is 5.46. The van der Waals surface area contributed by atoms with E-state index < -0.39 is 4.92 Å². The van der Waals surface area contributed by atoms with E-state index in [1.807, 2.05) is 0 Å². The minimum absolute atomic E-state index is 0.0957. The van der Waals surface area contributed by atoms with Crippen molar-refractivity contribution in [2.45, 2.75) is 19.8 Å². The third-order valence-corrected chi connectivity index (χ3v) is 3.60. The predicted molar refractivity (Wildman–Crippen MR) is 74.4 cm³/mol. The van der Waals surface area contributed by atoms with Gasteiger partial charge in [0.15, 0.2) is 6.20 Å². The summed E-state index contributed by atoms with van der Waals surface area (Å²) in [6.45, 7) is 6.16. The molecule has 0 unspecified atom stereocenters. The molecule has 1 fully saturated rings. The maximum absolute atomic E-state index is 10.6. The molecule has 2 heterocycles. The lowest BCUT2D eigenvalue weighted by Crippen LogP contribution is -2.36. The second-order valence-corrected chi connectivity index (χ2v) is 4.86. The minimum Gasteiger partial charge on any atom is -0.368 e. The van der Waals surface area contributed by atoms with Crippen molar-refractivity contribution in [3.05, 3.63) is 28.4 Å². The van der Waals surface area contributed by atoms with Gasteiger partial charge in [-0.2, -0.15) is 0 Å². The van der Waals surface area contributed by atoms with Gasteiger partial charge in [0, 0.05) is 19.2 Å². The van der Waals surface area contributed by atoms with E-state index in [4.69, 9.17) is 0 Å². The van der Waals surface area contributed by atoms with Crippen LogP contribution in [0.2, 0.25) is 0 Å². The van der Waals surface area contributed by atoms with Crippen molar-refractivity contribution in [1.82, 2.24) is 10.3 Å². The quantitative estimate of drug-likeness (QED) is 0.648. The molecule has 0 saturated carbocycles. The van der Waals surface area contributed by atoms with E-state index >= 15 is 0 Å². The summed E-state index contributed by atoms with van der Waals surface area (Å²) >= 11 is 0. The van der Waals surface area contributed by atoms with Gasteiger partial charge in [0.2, 0.25) is 0 Å². The van der Waals surface area contributed by atoms with Crippen LogP contribution in [0.15, 0.2) is 18.3 Å². The summed E-state index contributed by atoms with van der Waals surface area (Å²) in [7, 11) is 0. The van der Waals surface area contributed by atoms with Crippen molar-refractivity contribution in [2.24, 2.45) is 5.92 Å². The molecule has 6 heteroatoms. The number of aromatic nitrogens is 1. The Bertz CT molecular complexity index is 415. The second-order valence-electron chi connectivity index (χ2n) is 4.86. The van der Waals surface area contributed by atoms with Crippen LogP contribution in [0.5, 0.6) is 0 Å². The fourth-order valence-corrected chi connectivity index (χ4v) is 2.47. The van der Waals surface area contributed by atoms with Crippen molar-refractivity contribution < 1.29 is 4.92 Å².